The molecule has 2 atom stereocenters. The molecule has 0 aromatic rings. The minimum atomic E-state index is -0.674. The Balaban J connectivity index is 3.42. The topological polar surface area (TPSA) is 95.9 Å². The van der Waals surface area contributed by atoms with E-state index in [1.807, 2.05) is 0 Å². The molecule has 0 saturated heterocycles. The number of hydrogen-bond acceptors (Lipinski definition) is 5. The number of nitrogens with one attached hydrogen (secondary N) is 1. The Kier molecular flexibility index (Phi) is 62.9. The van der Waals surface area contributed by atoms with Crippen LogP contribution in [0, 0.1) is 0 Å². The van der Waals surface area contributed by atoms with Crippen LogP contribution in [0.5, 0.6) is 0 Å². The molecule has 3 N–H and O–H groups in total. The van der Waals surface area contributed by atoms with Crippen molar-refractivity contribution in [3.8, 4) is 0 Å². The van der Waals surface area contributed by atoms with Gasteiger partial charge in [0.05, 0.1) is 25.4 Å². The quantitative estimate of drug-likeness (QED) is 0.0320. The summed E-state index contributed by atoms with van der Waals surface area (Å²) >= 11 is 0. The normalized spacial score (nSPS) is 12.5. The Bertz CT molecular complexity index is 1110. The molecule has 0 heterocycles. The fraction of sp³-hybridized carbons (Fsp3) is 0.941. The van der Waals surface area contributed by atoms with Crippen molar-refractivity contribution in [2.75, 3.05) is 13.2 Å². The molecule has 6 nitrogen and oxygen atoms in total. The number of esters is 1. The number of hydrogen-bond donors (Lipinski definition) is 3. The first-order valence-electron chi connectivity index (χ1n) is 33.9. The lowest BCUT2D eigenvalue weighted by atomic mass is 10.0. The van der Waals surface area contributed by atoms with Crippen molar-refractivity contribution in [3.63, 3.8) is 0 Å². The summed E-state index contributed by atoms with van der Waals surface area (Å²) in [7, 11) is 0. The first-order chi connectivity index (χ1) is 36.5. The molecule has 0 bridgehead atoms. The summed E-state index contributed by atoms with van der Waals surface area (Å²) in [5, 5.41) is 23.4. The number of allylic oxidation sites excluding steroid dienone is 2. The lowest BCUT2D eigenvalue weighted by Crippen LogP contribution is -2.45. The molecule has 0 rings (SSSR count). The molecular weight excluding hydrogens is 911 g/mol. The zero-order valence-corrected chi connectivity index (χ0v) is 50.4. The second-order valence-electron chi connectivity index (χ2n) is 23.5. The van der Waals surface area contributed by atoms with E-state index < -0.39 is 12.1 Å². The van der Waals surface area contributed by atoms with E-state index in [9.17, 15) is 19.8 Å². The number of rotatable bonds is 64. The van der Waals surface area contributed by atoms with Crippen LogP contribution in [0.2, 0.25) is 0 Å². The molecule has 0 aliphatic heterocycles. The number of carbonyl (C=O) groups excluding carboxylic acids is 2. The third-order valence-corrected chi connectivity index (χ3v) is 16.1. The highest BCUT2D eigenvalue weighted by Gasteiger charge is 2.20. The molecule has 0 aromatic heterocycles. The van der Waals surface area contributed by atoms with Crippen LogP contribution in [0.25, 0.3) is 0 Å². The lowest BCUT2D eigenvalue weighted by Gasteiger charge is -2.22. The van der Waals surface area contributed by atoms with Crippen LogP contribution in [0.4, 0.5) is 0 Å². The molecule has 0 aliphatic carbocycles. The van der Waals surface area contributed by atoms with Gasteiger partial charge < -0.3 is 20.3 Å². The zero-order chi connectivity index (χ0) is 53.6. The van der Waals surface area contributed by atoms with Gasteiger partial charge in [0.1, 0.15) is 0 Å². The molecule has 0 spiro atoms. The van der Waals surface area contributed by atoms with Crippen LogP contribution in [0.3, 0.4) is 0 Å². The largest absolute Gasteiger partial charge is 0.466 e. The number of ether oxygens (including phenoxy) is 1. The predicted octanol–water partition coefficient (Wildman–Crippen LogP) is 21.6. The molecule has 0 aliphatic rings. The average Bonchev–Trinajstić information content (AvgIpc) is 3.40. The Morgan fingerprint density at radius 2 is 0.635 bits per heavy atom. The Labute approximate surface area is 463 Å². The number of unbranched alkanes of at least 4 members (excludes halogenated alkanes) is 51. The summed E-state index contributed by atoms with van der Waals surface area (Å²) in [6.45, 7) is 4.98. The SMILES string of the molecule is CCCCCCCCCCCCCCCCCCCCCCCCC(O)C(CO)NC(=O)CCCCCCC/C=C\CCCCCCCCCCCOC(=O)CCCCCCCCCCCCCCCCCCC. The molecule has 0 aromatic carbocycles. The number of aliphatic hydroxyl groups excluding tert-OH is 2. The summed E-state index contributed by atoms with van der Waals surface area (Å²) in [5.74, 6) is -0.0364. The van der Waals surface area contributed by atoms with Gasteiger partial charge in [-0.1, -0.05) is 334 Å². The summed E-state index contributed by atoms with van der Waals surface area (Å²) in [5.41, 5.74) is 0. The average molecular weight is 1040 g/mol. The lowest BCUT2D eigenvalue weighted by molar-refractivity contribution is -0.143. The highest BCUT2D eigenvalue weighted by molar-refractivity contribution is 5.76. The third-order valence-electron chi connectivity index (χ3n) is 16.1. The summed E-state index contributed by atoms with van der Waals surface area (Å²) in [6, 6.07) is -0.552. The second-order valence-corrected chi connectivity index (χ2v) is 23.5. The minimum absolute atomic E-state index is 0.00822. The highest BCUT2D eigenvalue weighted by Crippen LogP contribution is 2.19. The molecule has 74 heavy (non-hydrogen) atoms. The van der Waals surface area contributed by atoms with Gasteiger partial charge in [0.15, 0.2) is 0 Å². The Hall–Kier alpha value is -1.40. The van der Waals surface area contributed by atoms with Crippen LogP contribution in [-0.2, 0) is 14.3 Å². The fourth-order valence-corrected chi connectivity index (χ4v) is 10.9. The van der Waals surface area contributed by atoms with Crippen molar-refractivity contribution in [2.24, 2.45) is 0 Å². The Morgan fingerprint density at radius 1 is 0.365 bits per heavy atom. The van der Waals surface area contributed by atoms with E-state index >= 15 is 0 Å². The first kappa shape index (κ1) is 72.6. The third kappa shape index (κ3) is 59.8. The fourth-order valence-electron chi connectivity index (χ4n) is 10.9. The van der Waals surface area contributed by atoms with Gasteiger partial charge in [-0.15, -0.1) is 0 Å². The van der Waals surface area contributed by atoms with Gasteiger partial charge in [0.2, 0.25) is 5.91 Å². The van der Waals surface area contributed by atoms with Gasteiger partial charge in [-0.3, -0.25) is 9.59 Å². The monoisotopic (exact) mass is 1040 g/mol. The summed E-state index contributed by atoms with van der Waals surface area (Å²) in [6.07, 6.45) is 78.1. The van der Waals surface area contributed by atoms with E-state index in [1.54, 1.807) is 0 Å². The van der Waals surface area contributed by atoms with Crippen LogP contribution in [0.1, 0.15) is 386 Å². The standard InChI is InChI=1S/C68H133NO5/c1-3-5-7-9-11-13-15-17-19-21-22-23-24-25-29-32-36-40-44-48-52-56-60-66(71)65(64-70)69-67(72)61-57-53-49-45-41-37-33-30-26-27-31-35-39-43-47-51-55-59-63-74-68(73)62-58-54-50-46-42-38-34-28-20-18-16-14-12-10-8-6-4-2/h30,33,65-66,70-71H,3-29,31-32,34-64H2,1-2H3,(H,69,72)/b33-30-. The van der Waals surface area contributed by atoms with Crippen LogP contribution in [-0.4, -0.2) is 47.4 Å². The van der Waals surface area contributed by atoms with E-state index in [2.05, 4.69) is 31.3 Å². The van der Waals surface area contributed by atoms with Gasteiger partial charge in [-0.25, -0.2) is 0 Å². The molecule has 6 heteroatoms. The number of aliphatic hydroxyl groups is 2. The highest BCUT2D eigenvalue weighted by atomic mass is 16.5. The predicted molar refractivity (Wildman–Crippen MR) is 324 cm³/mol. The van der Waals surface area contributed by atoms with Gasteiger partial charge >= 0.3 is 5.97 Å². The van der Waals surface area contributed by atoms with Gasteiger partial charge in [-0.2, -0.15) is 0 Å². The van der Waals surface area contributed by atoms with Gasteiger partial charge in [0, 0.05) is 12.8 Å². The maximum absolute atomic E-state index is 12.5. The summed E-state index contributed by atoms with van der Waals surface area (Å²) < 4.78 is 5.50. The molecular formula is C68H133NO5. The molecule has 0 radical (unpaired) electrons. The second kappa shape index (κ2) is 64.1. The van der Waals surface area contributed by atoms with Crippen molar-refractivity contribution >= 4 is 11.9 Å². The minimum Gasteiger partial charge on any atom is -0.466 e. The van der Waals surface area contributed by atoms with Crippen molar-refractivity contribution in [3.05, 3.63) is 12.2 Å². The number of amides is 1. The van der Waals surface area contributed by atoms with Gasteiger partial charge in [0.25, 0.3) is 0 Å². The molecule has 1 amide bonds. The van der Waals surface area contributed by atoms with Crippen molar-refractivity contribution in [1.82, 2.24) is 5.32 Å². The molecule has 2 unspecified atom stereocenters. The zero-order valence-electron chi connectivity index (χ0n) is 50.4. The van der Waals surface area contributed by atoms with E-state index in [1.165, 1.54) is 302 Å². The molecule has 0 fully saturated rings. The first-order valence-corrected chi connectivity index (χ1v) is 33.9. The number of carbonyl (C=O) groups is 2. The smallest absolute Gasteiger partial charge is 0.305 e. The van der Waals surface area contributed by atoms with Crippen molar-refractivity contribution in [1.29, 1.82) is 0 Å². The van der Waals surface area contributed by atoms with Crippen LogP contribution < -0.4 is 5.32 Å². The van der Waals surface area contributed by atoms with Crippen molar-refractivity contribution in [2.45, 2.75) is 398 Å². The van der Waals surface area contributed by atoms with E-state index in [4.69, 9.17) is 4.74 Å². The van der Waals surface area contributed by atoms with Gasteiger partial charge in [-0.05, 0) is 51.4 Å². The van der Waals surface area contributed by atoms with E-state index in [0.29, 0.717) is 25.9 Å². The summed E-state index contributed by atoms with van der Waals surface area (Å²) in [4.78, 5) is 24.6. The Morgan fingerprint density at radius 3 is 0.959 bits per heavy atom. The van der Waals surface area contributed by atoms with Crippen LogP contribution in [0.15, 0.2) is 12.2 Å². The van der Waals surface area contributed by atoms with Crippen LogP contribution >= 0.6 is 0 Å². The molecule has 0 saturated carbocycles. The van der Waals surface area contributed by atoms with Crippen molar-refractivity contribution < 1.29 is 24.5 Å². The maximum Gasteiger partial charge on any atom is 0.305 e. The van der Waals surface area contributed by atoms with E-state index in [-0.39, 0.29) is 18.5 Å². The molecule has 440 valence electrons. The van der Waals surface area contributed by atoms with E-state index in [0.717, 1.165) is 51.4 Å². The maximum atomic E-state index is 12.5.